The normalized spacial score (nSPS) is 19.5. The maximum atomic E-state index is 15.8. The number of nitrogens with one attached hydrogen (secondary N) is 1. The highest BCUT2D eigenvalue weighted by molar-refractivity contribution is 6.08. The second-order valence-corrected chi connectivity index (χ2v) is 11.0. The monoisotopic (exact) mass is 635 g/mol. The van der Waals surface area contributed by atoms with E-state index in [-0.39, 0.29) is 46.7 Å². The van der Waals surface area contributed by atoms with Gasteiger partial charge in [0.1, 0.15) is 5.82 Å². The number of anilines is 3. The van der Waals surface area contributed by atoms with E-state index in [1.54, 1.807) is 4.90 Å². The van der Waals surface area contributed by atoms with Crippen molar-refractivity contribution in [1.29, 1.82) is 0 Å². The van der Waals surface area contributed by atoms with Crippen LogP contribution in [-0.2, 0) is 10.9 Å². The summed E-state index contributed by atoms with van der Waals surface area (Å²) in [7, 11) is 1.93. The van der Waals surface area contributed by atoms with Gasteiger partial charge >= 0.3 is 11.9 Å². The Hall–Kier alpha value is -4.44. The fraction of sp³-hybridized carbons (Fsp3) is 0.414. The van der Waals surface area contributed by atoms with Crippen molar-refractivity contribution in [1.82, 2.24) is 14.9 Å². The van der Waals surface area contributed by atoms with Crippen molar-refractivity contribution in [2.45, 2.75) is 32.1 Å². The van der Waals surface area contributed by atoms with Crippen LogP contribution >= 0.6 is 0 Å². The highest BCUT2D eigenvalue weighted by Crippen LogP contribution is 2.39. The Balaban J connectivity index is 1.58. The summed E-state index contributed by atoms with van der Waals surface area (Å²) >= 11 is 0. The van der Waals surface area contributed by atoms with E-state index in [1.165, 1.54) is 24.5 Å². The highest BCUT2D eigenvalue weighted by atomic mass is 19.4. The fourth-order valence-electron chi connectivity index (χ4n) is 5.45. The second kappa shape index (κ2) is 12.5. The van der Waals surface area contributed by atoms with Gasteiger partial charge in [-0.2, -0.15) is 17.6 Å². The Labute approximate surface area is 254 Å². The standard InChI is InChI=1S/C29H30F5N7O4/c1-16-14-40(15-17(2)38(16)3)26-11-22(30)19(18-12-35-28(36-13-18)39-4-6-45-7-5-39)8-24(26)37-27(42)20-9-25(41(43)44)23(31)10-21(20)29(32,33)34/h8-13,16-17H,4-7,14-15H2,1-3H3,(H,37,42). The van der Waals surface area contributed by atoms with Crippen LogP contribution in [0.5, 0.6) is 0 Å². The molecule has 11 nitrogen and oxygen atoms in total. The van der Waals surface area contributed by atoms with Gasteiger partial charge in [0, 0.05) is 67.8 Å². The first-order valence-electron chi connectivity index (χ1n) is 14.1. The Kier molecular flexibility index (Phi) is 8.89. The van der Waals surface area contributed by atoms with Gasteiger partial charge in [-0.05, 0) is 39.1 Å². The number of hydrogen-bond acceptors (Lipinski definition) is 9. The van der Waals surface area contributed by atoms with E-state index in [9.17, 15) is 32.5 Å². The predicted octanol–water partition coefficient (Wildman–Crippen LogP) is 4.97. The van der Waals surface area contributed by atoms with Crippen LogP contribution in [0.3, 0.4) is 0 Å². The molecule has 3 aromatic rings. The third kappa shape index (κ3) is 6.66. The number of piperazine rings is 1. The minimum absolute atomic E-state index is 0.00208. The number of morpholine rings is 1. The summed E-state index contributed by atoms with van der Waals surface area (Å²) in [5.41, 5.74) is -3.83. The first kappa shape index (κ1) is 32.0. The van der Waals surface area contributed by atoms with Crippen molar-refractivity contribution in [3.05, 3.63) is 69.5 Å². The molecule has 0 bridgehead atoms. The van der Waals surface area contributed by atoms with Crippen molar-refractivity contribution in [3.8, 4) is 11.1 Å². The molecule has 0 spiro atoms. The third-order valence-corrected chi connectivity index (χ3v) is 8.11. The zero-order valence-corrected chi connectivity index (χ0v) is 24.6. The average molecular weight is 636 g/mol. The number of benzene rings is 2. The molecule has 240 valence electrons. The lowest BCUT2D eigenvalue weighted by atomic mass is 10.0. The van der Waals surface area contributed by atoms with Gasteiger partial charge < -0.3 is 19.9 Å². The minimum atomic E-state index is -5.21. The Morgan fingerprint density at radius 1 is 1.00 bits per heavy atom. The van der Waals surface area contributed by atoms with Crippen LogP contribution in [0.15, 0.2) is 36.7 Å². The number of halogens is 5. The fourth-order valence-corrected chi connectivity index (χ4v) is 5.45. The number of nitro groups is 1. The van der Waals surface area contributed by atoms with Crippen LogP contribution in [0.25, 0.3) is 11.1 Å². The molecule has 2 unspecified atom stereocenters. The number of alkyl halides is 3. The van der Waals surface area contributed by atoms with E-state index >= 15 is 4.39 Å². The molecule has 1 amide bonds. The topological polar surface area (TPSA) is 117 Å². The number of hydrogen-bond donors (Lipinski definition) is 1. The highest BCUT2D eigenvalue weighted by Gasteiger charge is 2.38. The lowest BCUT2D eigenvalue weighted by Gasteiger charge is -2.44. The number of rotatable bonds is 6. The van der Waals surface area contributed by atoms with Crippen LogP contribution in [0, 0.1) is 21.7 Å². The smallest absolute Gasteiger partial charge is 0.378 e. The number of nitrogens with zero attached hydrogens (tertiary/aromatic N) is 6. The SMILES string of the molecule is CC1CN(c2cc(F)c(-c3cnc(N4CCOCC4)nc3)cc2NC(=O)c2cc([N+](=O)[O-])c(F)cc2C(F)(F)F)CC(C)N1C. The van der Waals surface area contributed by atoms with E-state index in [2.05, 4.69) is 20.2 Å². The summed E-state index contributed by atoms with van der Waals surface area (Å²) in [6.07, 6.45) is -2.42. The van der Waals surface area contributed by atoms with E-state index in [0.717, 1.165) is 0 Å². The number of amides is 1. The molecule has 2 saturated heterocycles. The molecule has 2 aliphatic heterocycles. The van der Waals surface area contributed by atoms with Crippen LogP contribution in [0.2, 0.25) is 0 Å². The molecule has 2 atom stereocenters. The molecule has 2 aliphatic rings. The van der Waals surface area contributed by atoms with Crippen LogP contribution in [0.4, 0.5) is 45.0 Å². The van der Waals surface area contributed by atoms with Crippen LogP contribution in [-0.4, -0.2) is 84.2 Å². The van der Waals surface area contributed by atoms with Gasteiger partial charge in [-0.1, -0.05) is 0 Å². The summed E-state index contributed by atoms with van der Waals surface area (Å²) in [6.45, 7) is 6.84. The quantitative estimate of drug-likeness (QED) is 0.228. The Bertz CT molecular complexity index is 1590. The Morgan fingerprint density at radius 3 is 2.20 bits per heavy atom. The minimum Gasteiger partial charge on any atom is -0.378 e. The second-order valence-electron chi connectivity index (χ2n) is 11.0. The zero-order valence-electron chi connectivity index (χ0n) is 24.6. The molecule has 3 heterocycles. The first-order valence-corrected chi connectivity index (χ1v) is 14.1. The Morgan fingerprint density at radius 2 is 1.62 bits per heavy atom. The lowest BCUT2D eigenvalue weighted by Crippen LogP contribution is -2.55. The number of carbonyl (C=O) groups is 1. The van der Waals surface area contributed by atoms with E-state index in [1.807, 2.05) is 25.8 Å². The summed E-state index contributed by atoms with van der Waals surface area (Å²) in [5, 5.41) is 13.7. The van der Waals surface area contributed by atoms with Crippen molar-refractivity contribution in [2.75, 3.05) is 61.6 Å². The number of aromatic nitrogens is 2. The van der Waals surface area contributed by atoms with Crippen molar-refractivity contribution in [2.24, 2.45) is 0 Å². The van der Waals surface area contributed by atoms with E-state index in [4.69, 9.17) is 4.74 Å². The summed E-state index contributed by atoms with van der Waals surface area (Å²) in [6, 6.07) is 2.59. The molecule has 2 fully saturated rings. The molecule has 1 aromatic heterocycles. The van der Waals surface area contributed by atoms with Crippen molar-refractivity contribution in [3.63, 3.8) is 0 Å². The molecular weight excluding hydrogens is 605 g/mol. The molecule has 45 heavy (non-hydrogen) atoms. The molecule has 1 N–H and O–H groups in total. The van der Waals surface area contributed by atoms with Gasteiger partial charge in [0.25, 0.3) is 5.91 Å². The predicted molar refractivity (Wildman–Crippen MR) is 155 cm³/mol. The molecule has 16 heteroatoms. The maximum Gasteiger partial charge on any atom is 0.417 e. The van der Waals surface area contributed by atoms with Gasteiger partial charge in [-0.3, -0.25) is 19.8 Å². The van der Waals surface area contributed by atoms with Gasteiger partial charge in [0.2, 0.25) is 11.8 Å². The summed E-state index contributed by atoms with van der Waals surface area (Å²) in [5.74, 6) is -3.42. The largest absolute Gasteiger partial charge is 0.417 e. The molecule has 5 rings (SSSR count). The number of nitro benzene ring substituents is 1. The maximum absolute atomic E-state index is 15.8. The van der Waals surface area contributed by atoms with Gasteiger partial charge in [0.15, 0.2) is 0 Å². The van der Waals surface area contributed by atoms with Crippen LogP contribution in [0.1, 0.15) is 29.8 Å². The third-order valence-electron chi connectivity index (χ3n) is 8.11. The molecule has 0 saturated carbocycles. The zero-order chi connectivity index (χ0) is 32.6. The van der Waals surface area contributed by atoms with Crippen molar-refractivity contribution >= 4 is 28.9 Å². The van der Waals surface area contributed by atoms with Crippen molar-refractivity contribution < 1.29 is 36.4 Å². The number of likely N-dealkylation sites (N-methyl/N-ethyl adjacent to an activating group) is 1. The lowest BCUT2D eigenvalue weighted by molar-refractivity contribution is -0.387. The van der Waals surface area contributed by atoms with Gasteiger partial charge in [-0.25, -0.2) is 14.4 Å². The first-order chi connectivity index (χ1) is 21.2. The summed E-state index contributed by atoms with van der Waals surface area (Å²) in [4.78, 5) is 38.0. The molecular formula is C29H30F5N7O4. The van der Waals surface area contributed by atoms with Gasteiger partial charge in [-0.15, -0.1) is 0 Å². The number of ether oxygens (including phenoxy) is 1. The molecule has 0 radical (unpaired) electrons. The summed E-state index contributed by atoms with van der Waals surface area (Å²) < 4.78 is 76.9. The van der Waals surface area contributed by atoms with Gasteiger partial charge in [0.05, 0.1) is 40.6 Å². The molecule has 0 aliphatic carbocycles. The van der Waals surface area contributed by atoms with Crippen LogP contribution < -0.4 is 15.1 Å². The molecule has 2 aromatic carbocycles. The number of carbonyl (C=O) groups excluding carboxylic acids is 1. The van der Waals surface area contributed by atoms with E-state index in [0.29, 0.717) is 45.3 Å². The van der Waals surface area contributed by atoms with E-state index < -0.39 is 45.5 Å². The average Bonchev–Trinajstić information content (AvgIpc) is 3.00.